The van der Waals surface area contributed by atoms with Gasteiger partial charge in [0.25, 0.3) is 0 Å². The van der Waals surface area contributed by atoms with Gasteiger partial charge in [0, 0.05) is 41.9 Å². The molecule has 0 aliphatic heterocycles. The van der Waals surface area contributed by atoms with Gasteiger partial charge in [-0.15, -0.1) is 0 Å². The monoisotopic (exact) mass is 408 g/mol. The van der Waals surface area contributed by atoms with Crippen molar-refractivity contribution in [3.05, 3.63) is 65.1 Å². The highest BCUT2D eigenvalue weighted by molar-refractivity contribution is 6.05. The van der Waals surface area contributed by atoms with Gasteiger partial charge in [0.1, 0.15) is 11.6 Å². The fourth-order valence-electron chi connectivity index (χ4n) is 3.59. The van der Waals surface area contributed by atoms with Crippen LogP contribution in [0.5, 0.6) is 5.75 Å². The van der Waals surface area contributed by atoms with Crippen LogP contribution in [-0.4, -0.2) is 36.4 Å². The van der Waals surface area contributed by atoms with Gasteiger partial charge >= 0.3 is 5.69 Å². The number of methoxy groups -OCH3 is 1. The molecular weight excluding hydrogens is 394 g/mol. The Labute approximate surface area is 167 Å². The van der Waals surface area contributed by atoms with Crippen LogP contribution in [-0.2, 0) is 7.05 Å². The molecule has 0 spiro atoms. The molecule has 0 unspecified atom stereocenters. The standard InChI is InChI=1S/C20H14F2N6O2/c1-27-16-9-23-15-5-17(30-2)12(10-6-25-26-7-10)4-13(15)18(16)28(20(27)29)19-14(22)3-11(21)8-24-19/h3-9H,1-2H3,(H,25,26). The first-order chi connectivity index (χ1) is 14.5. The van der Waals surface area contributed by atoms with E-state index in [1.807, 2.05) is 0 Å². The Morgan fingerprint density at radius 1 is 1.10 bits per heavy atom. The second-order valence-electron chi connectivity index (χ2n) is 6.68. The number of hydrogen-bond acceptors (Lipinski definition) is 5. The summed E-state index contributed by atoms with van der Waals surface area (Å²) in [4.78, 5) is 21.2. The van der Waals surface area contributed by atoms with E-state index in [2.05, 4.69) is 20.2 Å². The van der Waals surface area contributed by atoms with E-state index in [1.165, 1.54) is 10.8 Å². The number of rotatable bonds is 3. The fraction of sp³-hybridized carbons (Fsp3) is 0.100. The second kappa shape index (κ2) is 6.48. The van der Waals surface area contributed by atoms with Gasteiger partial charge < -0.3 is 4.74 Å². The van der Waals surface area contributed by atoms with Gasteiger partial charge in [-0.25, -0.2) is 23.1 Å². The summed E-state index contributed by atoms with van der Waals surface area (Å²) in [6.45, 7) is 0. The first kappa shape index (κ1) is 18.0. The highest BCUT2D eigenvalue weighted by Crippen LogP contribution is 2.36. The Bertz CT molecular complexity index is 1490. The van der Waals surface area contributed by atoms with Crippen LogP contribution in [0.3, 0.4) is 0 Å². The van der Waals surface area contributed by atoms with Crippen molar-refractivity contribution in [3.8, 4) is 22.7 Å². The molecule has 4 aromatic heterocycles. The number of ether oxygens (including phenoxy) is 1. The number of imidazole rings is 1. The van der Waals surface area contributed by atoms with E-state index in [4.69, 9.17) is 4.74 Å². The summed E-state index contributed by atoms with van der Waals surface area (Å²) in [7, 11) is 3.09. The molecule has 0 saturated carbocycles. The zero-order chi connectivity index (χ0) is 21.0. The van der Waals surface area contributed by atoms with Crippen LogP contribution in [0, 0.1) is 11.6 Å². The van der Waals surface area contributed by atoms with Gasteiger partial charge in [0.05, 0.1) is 42.3 Å². The van der Waals surface area contributed by atoms with Crippen molar-refractivity contribution in [3.63, 3.8) is 0 Å². The number of nitrogens with one attached hydrogen (secondary N) is 1. The minimum atomic E-state index is -0.946. The van der Waals surface area contributed by atoms with E-state index in [0.717, 1.165) is 16.3 Å². The first-order valence-corrected chi connectivity index (χ1v) is 8.88. The van der Waals surface area contributed by atoms with E-state index < -0.39 is 17.3 Å². The third-order valence-electron chi connectivity index (χ3n) is 5.01. The molecule has 1 aromatic carbocycles. The molecule has 4 heterocycles. The maximum absolute atomic E-state index is 14.6. The molecule has 0 radical (unpaired) electrons. The Morgan fingerprint density at radius 2 is 1.93 bits per heavy atom. The van der Waals surface area contributed by atoms with Crippen LogP contribution in [0.25, 0.3) is 38.9 Å². The number of aryl methyl sites for hydroxylation is 1. The lowest BCUT2D eigenvalue weighted by Gasteiger charge is -2.11. The molecule has 0 amide bonds. The number of H-pyrrole nitrogens is 1. The van der Waals surface area contributed by atoms with Gasteiger partial charge in [-0.2, -0.15) is 5.10 Å². The molecule has 0 aliphatic carbocycles. The number of aromatic nitrogens is 6. The lowest BCUT2D eigenvalue weighted by Crippen LogP contribution is -2.22. The van der Waals surface area contributed by atoms with Crippen LogP contribution in [0.2, 0.25) is 0 Å². The fourth-order valence-corrected chi connectivity index (χ4v) is 3.59. The Morgan fingerprint density at radius 3 is 2.63 bits per heavy atom. The number of nitrogens with zero attached hydrogens (tertiary/aromatic N) is 5. The minimum absolute atomic E-state index is 0.292. The zero-order valence-electron chi connectivity index (χ0n) is 15.8. The van der Waals surface area contributed by atoms with Gasteiger partial charge in [0.2, 0.25) is 0 Å². The minimum Gasteiger partial charge on any atom is -0.496 e. The van der Waals surface area contributed by atoms with E-state index in [9.17, 15) is 13.6 Å². The van der Waals surface area contributed by atoms with Crippen LogP contribution in [0.15, 0.2) is 47.8 Å². The maximum Gasteiger partial charge on any atom is 0.334 e. The van der Waals surface area contributed by atoms with E-state index in [1.54, 1.807) is 38.7 Å². The van der Waals surface area contributed by atoms with E-state index in [-0.39, 0.29) is 5.82 Å². The number of halogens is 2. The molecule has 30 heavy (non-hydrogen) atoms. The molecule has 8 nitrogen and oxygen atoms in total. The van der Waals surface area contributed by atoms with Crippen LogP contribution in [0.1, 0.15) is 0 Å². The van der Waals surface area contributed by atoms with Crippen molar-refractivity contribution in [1.82, 2.24) is 29.3 Å². The summed E-state index contributed by atoms with van der Waals surface area (Å²) >= 11 is 0. The molecule has 0 aliphatic rings. The van der Waals surface area contributed by atoms with Crippen molar-refractivity contribution in [1.29, 1.82) is 0 Å². The average molecular weight is 408 g/mol. The topological polar surface area (TPSA) is 90.6 Å². The van der Waals surface area contributed by atoms with Crippen molar-refractivity contribution in [2.24, 2.45) is 7.05 Å². The maximum atomic E-state index is 14.6. The van der Waals surface area contributed by atoms with Gasteiger partial charge in [-0.3, -0.25) is 14.6 Å². The predicted molar refractivity (Wildman–Crippen MR) is 106 cm³/mol. The van der Waals surface area contributed by atoms with Crippen molar-refractivity contribution < 1.29 is 13.5 Å². The lowest BCUT2D eigenvalue weighted by molar-refractivity contribution is 0.417. The number of benzene rings is 1. The van der Waals surface area contributed by atoms with Crippen molar-refractivity contribution in [2.75, 3.05) is 7.11 Å². The largest absolute Gasteiger partial charge is 0.496 e. The highest BCUT2D eigenvalue weighted by Gasteiger charge is 2.21. The predicted octanol–water partition coefficient (Wildman–Crippen LogP) is 2.95. The third kappa shape index (κ3) is 2.50. The number of hydrogen-bond donors (Lipinski definition) is 1. The zero-order valence-corrected chi connectivity index (χ0v) is 15.8. The molecule has 150 valence electrons. The normalized spacial score (nSPS) is 11.5. The number of aromatic amines is 1. The molecule has 0 fully saturated rings. The van der Waals surface area contributed by atoms with Gasteiger partial charge in [0.15, 0.2) is 11.6 Å². The number of fused-ring (bicyclic) bond motifs is 3. The summed E-state index contributed by atoms with van der Waals surface area (Å²) in [6, 6.07) is 4.22. The lowest BCUT2D eigenvalue weighted by atomic mass is 10.0. The van der Waals surface area contributed by atoms with Crippen LogP contribution in [0.4, 0.5) is 8.78 Å². The molecule has 0 saturated heterocycles. The first-order valence-electron chi connectivity index (χ1n) is 8.88. The van der Waals surface area contributed by atoms with Crippen LogP contribution < -0.4 is 10.4 Å². The smallest absolute Gasteiger partial charge is 0.334 e. The summed E-state index contributed by atoms with van der Waals surface area (Å²) in [5, 5.41) is 7.30. The molecule has 1 N–H and O–H groups in total. The summed E-state index contributed by atoms with van der Waals surface area (Å²) in [5.74, 6) is -1.51. The Balaban J connectivity index is 1.95. The van der Waals surface area contributed by atoms with Gasteiger partial charge in [-0.05, 0) is 6.07 Å². The average Bonchev–Trinajstić information content (AvgIpc) is 3.35. The second-order valence-corrected chi connectivity index (χ2v) is 6.68. The highest BCUT2D eigenvalue weighted by atomic mass is 19.1. The molecule has 5 aromatic rings. The molecule has 10 heteroatoms. The third-order valence-corrected chi connectivity index (χ3v) is 5.01. The summed E-state index contributed by atoms with van der Waals surface area (Å²) in [6.07, 6.45) is 5.73. The SMILES string of the molecule is COc1cc2ncc3c(c2cc1-c1cn[nH]c1)n(-c1ncc(F)cc1F)c(=O)n3C. The summed E-state index contributed by atoms with van der Waals surface area (Å²) in [5.41, 5.74) is 2.36. The number of pyridine rings is 2. The van der Waals surface area contributed by atoms with Gasteiger partial charge in [-0.1, -0.05) is 0 Å². The van der Waals surface area contributed by atoms with Crippen LogP contribution >= 0.6 is 0 Å². The molecular formula is C20H14F2N6O2. The van der Waals surface area contributed by atoms with E-state index in [0.29, 0.717) is 39.3 Å². The summed E-state index contributed by atoms with van der Waals surface area (Å²) < 4.78 is 35.9. The quantitative estimate of drug-likeness (QED) is 0.496. The Kier molecular flexibility index (Phi) is 3.88. The molecule has 0 atom stereocenters. The molecule has 5 rings (SSSR count). The van der Waals surface area contributed by atoms with E-state index >= 15 is 0 Å². The molecule has 0 bridgehead atoms. The Hall–Kier alpha value is -4.08. The van der Waals surface area contributed by atoms with Crippen molar-refractivity contribution >= 4 is 21.9 Å². The van der Waals surface area contributed by atoms with Crippen molar-refractivity contribution in [2.45, 2.75) is 0 Å².